The van der Waals surface area contributed by atoms with E-state index in [1.165, 1.54) is 0 Å². The van der Waals surface area contributed by atoms with E-state index in [1.54, 1.807) is 11.3 Å². The molecular formula is C15H21N3O2S. The van der Waals surface area contributed by atoms with Gasteiger partial charge in [0.2, 0.25) is 0 Å². The number of ether oxygens (including phenoxy) is 2. The van der Waals surface area contributed by atoms with Crippen molar-refractivity contribution >= 4 is 27.4 Å². The molecule has 2 aromatic heterocycles. The van der Waals surface area contributed by atoms with Gasteiger partial charge in [0, 0.05) is 19.1 Å². The van der Waals surface area contributed by atoms with Gasteiger partial charge in [-0.1, -0.05) is 6.92 Å². The van der Waals surface area contributed by atoms with Gasteiger partial charge in [0.25, 0.3) is 0 Å². The fraction of sp³-hybridized carbons (Fsp3) is 0.600. The highest BCUT2D eigenvalue weighted by molar-refractivity contribution is 7.16. The lowest BCUT2D eigenvalue weighted by molar-refractivity contribution is 0.0755. The first kappa shape index (κ1) is 14.7. The maximum atomic E-state index is 5.76. The van der Waals surface area contributed by atoms with Crippen molar-refractivity contribution in [2.75, 3.05) is 31.7 Å². The maximum Gasteiger partial charge on any atom is 0.158 e. The topological polar surface area (TPSA) is 56.3 Å². The highest BCUT2D eigenvalue weighted by Gasteiger charge is 2.16. The Kier molecular flexibility index (Phi) is 5.00. The Bertz CT molecular complexity index is 581. The molecule has 3 heterocycles. The van der Waals surface area contributed by atoms with Gasteiger partial charge in [0.15, 0.2) is 5.82 Å². The molecule has 0 saturated carbocycles. The van der Waals surface area contributed by atoms with Crippen LogP contribution in [0.25, 0.3) is 10.2 Å². The number of aromatic nitrogens is 2. The van der Waals surface area contributed by atoms with Crippen LogP contribution in [0, 0.1) is 5.92 Å². The molecule has 1 fully saturated rings. The van der Waals surface area contributed by atoms with Crippen molar-refractivity contribution in [2.45, 2.75) is 26.4 Å². The number of fused-ring (bicyclic) bond motifs is 1. The molecular weight excluding hydrogens is 286 g/mol. The minimum atomic E-state index is 0.463. The molecule has 0 spiro atoms. The van der Waals surface area contributed by atoms with Crippen molar-refractivity contribution < 1.29 is 9.47 Å². The van der Waals surface area contributed by atoms with Gasteiger partial charge >= 0.3 is 0 Å². The molecule has 1 atom stereocenters. The monoisotopic (exact) mass is 307 g/mol. The number of nitrogens with one attached hydrogen (secondary N) is 1. The molecule has 5 nitrogen and oxygen atoms in total. The number of thiophene rings is 1. The van der Waals surface area contributed by atoms with Crippen molar-refractivity contribution in [2.24, 2.45) is 5.92 Å². The summed E-state index contributed by atoms with van der Waals surface area (Å²) in [4.78, 5) is 10.2. The van der Waals surface area contributed by atoms with E-state index in [0.29, 0.717) is 12.5 Å². The molecule has 1 unspecified atom stereocenters. The minimum absolute atomic E-state index is 0.463. The van der Waals surface area contributed by atoms with Gasteiger partial charge in [-0.2, -0.15) is 0 Å². The van der Waals surface area contributed by atoms with Gasteiger partial charge in [-0.15, -0.1) is 11.3 Å². The Morgan fingerprint density at radius 2 is 2.43 bits per heavy atom. The SMILES string of the molecule is CCCNc1nc(COCC2CCOC2)nc2sccc12. The molecule has 21 heavy (non-hydrogen) atoms. The second-order valence-electron chi connectivity index (χ2n) is 5.30. The van der Waals surface area contributed by atoms with Gasteiger partial charge in [-0.25, -0.2) is 9.97 Å². The number of hydrogen-bond donors (Lipinski definition) is 1. The lowest BCUT2D eigenvalue weighted by Gasteiger charge is -2.10. The van der Waals surface area contributed by atoms with Crippen LogP contribution in [-0.4, -0.2) is 36.3 Å². The normalized spacial score (nSPS) is 18.4. The van der Waals surface area contributed by atoms with Crippen LogP contribution < -0.4 is 5.32 Å². The van der Waals surface area contributed by atoms with Crippen LogP contribution in [0.15, 0.2) is 11.4 Å². The fourth-order valence-corrected chi connectivity index (χ4v) is 3.16. The third-order valence-corrected chi connectivity index (χ3v) is 4.33. The summed E-state index contributed by atoms with van der Waals surface area (Å²) in [5.74, 6) is 2.20. The molecule has 0 aromatic carbocycles. The van der Waals surface area contributed by atoms with Crippen LogP contribution in [0.2, 0.25) is 0 Å². The molecule has 0 aliphatic carbocycles. The zero-order chi connectivity index (χ0) is 14.5. The summed E-state index contributed by atoms with van der Waals surface area (Å²) in [6.07, 6.45) is 2.16. The van der Waals surface area contributed by atoms with Crippen LogP contribution in [0.1, 0.15) is 25.6 Å². The van der Waals surface area contributed by atoms with E-state index >= 15 is 0 Å². The Morgan fingerprint density at radius 1 is 1.48 bits per heavy atom. The predicted octanol–water partition coefficient (Wildman–Crippen LogP) is 3.07. The second-order valence-corrected chi connectivity index (χ2v) is 6.19. The van der Waals surface area contributed by atoms with Gasteiger partial charge in [0.1, 0.15) is 17.3 Å². The first-order chi connectivity index (χ1) is 10.4. The van der Waals surface area contributed by atoms with Gasteiger partial charge < -0.3 is 14.8 Å². The summed E-state index contributed by atoms with van der Waals surface area (Å²) in [5, 5.41) is 6.53. The third kappa shape index (κ3) is 3.70. The van der Waals surface area contributed by atoms with Crippen LogP contribution in [0.4, 0.5) is 5.82 Å². The lowest BCUT2D eigenvalue weighted by Crippen LogP contribution is -2.11. The molecule has 0 radical (unpaired) electrons. The fourth-order valence-electron chi connectivity index (χ4n) is 2.37. The minimum Gasteiger partial charge on any atom is -0.381 e. The predicted molar refractivity (Wildman–Crippen MR) is 84.8 cm³/mol. The second kappa shape index (κ2) is 7.15. The van der Waals surface area contributed by atoms with E-state index in [9.17, 15) is 0 Å². The third-order valence-electron chi connectivity index (χ3n) is 3.52. The van der Waals surface area contributed by atoms with Crippen LogP contribution in [0.5, 0.6) is 0 Å². The number of rotatable bonds is 7. The van der Waals surface area contributed by atoms with E-state index in [1.807, 2.05) is 0 Å². The Labute approximate surface area is 128 Å². The molecule has 114 valence electrons. The quantitative estimate of drug-likeness (QED) is 0.852. The van der Waals surface area contributed by atoms with Crippen molar-refractivity contribution in [1.82, 2.24) is 9.97 Å². The Hall–Kier alpha value is -1.24. The molecule has 1 aliphatic heterocycles. The molecule has 0 bridgehead atoms. The number of hydrogen-bond acceptors (Lipinski definition) is 6. The van der Waals surface area contributed by atoms with Gasteiger partial charge in [-0.05, 0) is 24.3 Å². The summed E-state index contributed by atoms with van der Waals surface area (Å²) in [5.41, 5.74) is 0. The van der Waals surface area contributed by atoms with Gasteiger partial charge in [-0.3, -0.25) is 0 Å². The number of anilines is 1. The van der Waals surface area contributed by atoms with Crippen LogP contribution >= 0.6 is 11.3 Å². The van der Waals surface area contributed by atoms with Crippen LogP contribution in [-0.2, 0) is 16.1 Å². The zero-order valence-corrected chi connectivity index (χ0v) is 13.1. The largest absolute Gasteiger partial charge is 0.381 e. The lowest BCUT2D eigenvalue weighted by atomic mass is 10.1. The molecule has 1 N–H and O–H groups in total. The first-order valence-corrected chi connectivity index (χ1v) is 8.38. The number of nitrogens with zero attached hydrogens (tertiary/aromatic N) is 2. The highest BCUT2D eigenvalue weighted by Crippen LogP contribution is 2.25. The first-order valence-electron chi connectivity index (χ1n) is 7.50. The molecule has 0 amide bonds. The summed E-state index contributed by atoms with van der Waals surface area (Å²) < 4.78 is 11.1. The van der Waals surface area contributed by atoms with Crippen molar-refractivity contribution in [3.05, 3.63) is 17.3 Å². The molecule has 3 rings (SSSR count). The average Bonchev–Trinajstić information content (AvgIpc) is 3.15. The molecule has 6 heteroatoms. The van der Waals surface area contributed by atoms with Crippen LogP contribution in [0.3, 0.4) is 0 Å². The maximum absolute atomic E-state index is 5.76. The molecule has 2 aromatic rings. The highest BCUT2D eigenvalue weighted by atomic mass is 32.1. The summed E-state index contributed by atoms with van der Waals surface area (Å²) >= 11 is 1.64. The summed E-state index contributed by atoms with van der Waals surface area (Å²) in [6, 6.07) is 2.07. The van der Waals surface area contributed by atoms with E-state index in [0.717, 1.165) is 61.1 Å². The van der Waals surface area contributed by atoms with E-state index in [-0.39, 0.29) is 0 Å². The van der Waals surface area contributed by atoms with E-state index in [2.05, 4.69) is 33.7 Å². The Balaban J connectivity index is 1.66. The van der Waals surface area contributed by atoms with Crippen molar-refractivity contribution in [3.8, 4) is 0 Å². The molecule has 1 aliphatic rings. The zero-order valence-electron chi connectivity index (χ0n) is 12.3. The standard InChI is InChI=1S/C15H21N3O2S/c1-2-5-16-14-12-4-7-21-15(12)18-13(17-14)10-20-9-11-3-6-19-8-11/h4,7,11H,2-3,5-6,8-10H2,1H3,(H,16,17,18). The van der Waals surface area contributed by atoms with E-state index < -0.39 is 0 Å². The molecule has 1 saturated heterocycles. The van der Waals surface area contributed by atoms with Crippen molar-refractivity contribution in [1.29, 1.82) is 0 Å². The Morgan fingerprint density at radius 3 is 3.24 bits per heavy atom. The summed E-state index contributed by atoms with van der Waals surface area (Å²) in [6.45, 7) is 5.92. The van der Waals surface area contributed by atoms with Crippen molar-refractivity contribution in [3.63, 3.8) is 0 Å². The smallest absolute Gasteiger partial charge is 0.158 e. The average molecular weight is 307 g/mol. The van der Waals surface area contributed by atoms with Gasteiger partial charge in [0.05, 0.1) is 18.6 Å². The van der Waals surface area contributed by atoms with E-state index in [4.69, 9.17) is 9.47 Å². The summed E-state index contributed by atoms with van der Waals surface area (Å²) in [7, 11) is 0.